The predicted octanol–water partition coefficient (Wildman–Crippen LogP) is 0.932. The summed E-state index contributed by atoms with van der Waals surface area (Å²) in [5, 5.41) is 5.88. The predicted molar refractivity (Wildman–Crippen MR) is 90.8 cm³/mol. The SMILES string of the molecule is CNCCC(=O)Nc1cccc(CN2CCC(C(N)=O)CC2)c1. The standard InChI is InChI=1S/C17H26N4O2/c1-19-8-5-16(22)20-15-4-2-3-13(11-15)12-21-9-6-14(7-10-21)17(18)23/h2-4,11,14,19H,5-10,12H2,1H3,(H2,18,23)(H,20,22). The number of carbonyl (C=O) groups excluding carboxylic acids is 2. The molecule has 1 heterocycles. The van der Waals surface area contributed by atoms with Gasteiger partial charge in [-0.05, 0) is 50.7 Å². The minimum atomic E-state index is -0.184. The summed E-state index contributed by atoms with van der Waals surface area (Å²) in [6.45, 7) is 3.25. The summed E-state index contributed by atoms with van der Waals surface area (Å²) in [5.74, 6) is -0.154. The molecule has 0 aromatic heterocycles. The Morgan fingerprint density at radius 3 is 2.70 bits per heavy atom. The van der Waals surface area contributed by atoms with Gasteiger partial charge in [-0.25, -0.2) is 0 Å². The van der Waals surface area contributed by atoms with Crippen LogP contribution in [-0.4, -0.2) is 43.4 Å². The van der Waals surface area contributed by atoms with Crippen LogP contribution in [0.15, 0.2) is 24.3 Å². The number of nitrogens with one attached hydrogen (secondary N) is 2. The molecule has 6 heteroatoms. The number of amides is 2. The van der Waals surface area contributed by atoms with Gasteiger partial charge < -0.3 is 16.4 Å². The minimum Gasteiger partial charge on any atom is -0.369 e. The van der Waals surface area contributed by atoms with Gasteiger partial charge in [-0.15, -0.1) is 0 Å². The Hall–Kier alpha value is -1.92. The van der Waals surface area contributed by atoms with Gasteiger partial charge in [0, 0.05) is 31.1 Å². The van der Waals surface area contributed by atoms with Gasteiger partial charge in [-0.2, -0.15) is 0 Å². The lowest BCUT2D eigenvalue weighted by Gasteiger charge is -2.30. The van der Waals surface area contributed by atoms with Crippen molar-refractivity contribution in [2.24, 2.45) is 11.7 Å². The molecule has 0 bridgehead atoms. The molecule has 0 spiro atoms. The minimum absolute atomic E-state index is 0.0128. The van der Waals surface area contributed by atoms with Crippen molar-refractivity contribution >= 4 is 17.5 Å². The average Bonchev–Trinajstić information content (AvgIpc) is 2.54. The Morgan fingerprint density at radius 1 is 1.30 bits per heavy atom. The second kappa shape index (κ2) is 8.64. The van der Waals surface area contributed by atoms with E-state index in [4.69, 9.17) is 5.73 Å². The fourth-order valence-electron chi connectivity index (χ4n) is 2.84. The first-order chi connectivity index (χ1) is 11.1. The van der Waals surface area contributed by atoms with Crippen LogP contribution in [0.1, 0.15) is 24.8 Å². The van der Waals surface area contributed by atoms with E-state index in [9.17, 15) is 9.59 Å². The molecule has 23 heavy (non-hydrogen) atoms. The Bertz CT molecular complexity index is 539. The molecule has 0 aliphatic carbocycles. The van der Waals surface area contributed by atoms with Crippen LogP contribution in [0.4, 0.5) is 5.69 Å². The van der Waals surface area contributed by atoms with E-state index < -0.39 is 0 Å². The highest BCUT2D eigenvalue weighted by atomic mass is 16.2. The van der Waals surface area contributed by atoms with Crippen LogP contribution >= 0.6 is 0 Å². The summed E-state index contributed by atoms with van der Waals surface area (Å²) in [7, 11) is 1.83. The zero-order chi connectivity index (χ0) is 16.7. The summed E-state index contributed by atoms with van der Waals surface area (Å²) < 4.78 is 0. The maximum Gasteiger partial charge on any atom is 0.225 e. The topological polar surface area (TPSA) is 87.5 Å². The monoisotopic (exact) mass is 318 g/mol. The highest BCUT2D eigenvalue weighted by Gasteiger charge is 2.22. The zero-order valence-corrected chi connectivity index (χ0v) is 13.7. The van der Waals surface area contributed by atoms with Crippen LogP contribution in [0.2, 0.25) is 0 Å². The van der Waals surface area contributed by atoms with E-state index in [2.05, 4.69) is 21.6 Å². The van der Waals surface area contributed by atoms with Gasteiger partial charge in [0.15, 0.2) is 0 Å². The summed E-state index contributed by atoms with van der Waals surface area (Å²) in [4.78, 5) is 25.3. The molecule has 4 N–H and O–H groups in total. The van der Waals surface area contributed by atoms with E-state index in [0.29, 0.717) is 13.0 Å². The Morgan fingerprint density at radius 2 is 2.04 bits per heavy atom. The molecule has 0 radical (unpaired) electrons. The molecule has 2 rings (SSSR count). The second-order valence-electron chi connectivity index (χ2n) is 6.05. The lowest BCUT2D eigenvalue weighted by Crippen LogP contribution is -2.38. The number of nitrogens with two attached hydrogens (primary N) is 1. The maximum absolute atomic E-state index is 11.8. The van der Waals surface area contributed by atoms with Crippen LogP contribution in [0.25, 0.3) is 0 Å². The third kappa shape index (κ3) is 5.65. The van der Waals surface area contributed by atoms with Crippen molar-refractivity contribution in [3.8, 4) is 0 Å². The van der Waals surface area contributed by atoms with Crippen molar-refractivity contribution in [3.63, 3.8) is 0 Å². The molecule has 1 aromatic rings. The van der Waals surface area contributed by atoms with Crippen molar-refractivity contribution < 1.29 is 9.59 Å². The third-order valence-electron chi connectivity index (χ3n) is 4.21. The molecule has 0 saturated carbocycles. The van der Waals surface area contributed by atoms with Crippen LogP contribution in [-0.2, 0) is 16.1 Å². The molecule has 1 aliphatic rings. The first-order valence-electron chi connectivity index (χ1n) is 8.13. The molecule has 6 nitrogen and oxygen atoms in total. The smallest absolute Gasteiger partial charge is 0.225 e. The second-order valence-corrected chi connectivity index (χ2v) is 6.05. The van der Waals surface area contributed by atoms with Gasteiger partial charge in [0.05, 0.1) is 0 Å². The van der Waals surface area contributed by atoms with Crippen LogP contribution in [0, 0.1) is 5.92 Å². The van der Waals surface area contributed by atoms with Gasteiger partial charge >= 0.3 is 0 Å². The molecule has 1 saturated heterocycles. The molecule has 1 fully saturated rings. The lowest BCUT2D eigenvalue weighted by molar-refractivity contribution is -0.123. The Kier molecular flexibility index (Phi) is 6.55. The van der Waals surface area contributed by atoms with Gasteiger partial charge in [0.2, 0.25) is 11.8 Å². The first-order valence-corrected chi connectivity index (χ1v) is 8.13. The molecule has 0 atom stereocenters. The number of hydrogen-bond donors (Lipinski definition) is 3. The van der Waals surface area contributed by atoms with Crippen molar-refractivity contribution in [1.82, 2.24) is 10.2 Å². The van der Waals surface area contributed by atoms with Gasteiger partial charge in [0.25, 0.3) is 0 Å². The molecule has 1 aliphatic heterocycles. The Balaban J connectivity index is 1.85. The van der Waals surface area contributed by atoms with Gasteiger partial charge in [0.1, 0.15) is 0 Å². The lowest BCUT2D eigenvalue weighted by atomic mass is 9.96. The van der Waals surface area contributed by atoms with E-state index >= 15 is 0 Å². The van der Waals surface area contributed by atoms with Crippen molar-refractivity contribution in [2.75, 3.05) is 32.0 Å². The van der Waals surface area contributed by atoms with Crippen LogP contribution in [0.5, 0.6) is 0 Å². The highest BCUT2D eigenvalue weighted by Crippen LogP contribution is 2.20. The average molecular weight is 318 g/mol. The number of piperidine rings is 1. The number of likely N-dealkylation sites (tertiary alicyclic amines) is 1. The van der Waals surface area contributed by atoms with E-state index in [1.807, 2.05) is 25.2 Å². The van der Waals surface area contributed by atoms with E-state index in [1.165, 1.54) is 0 Å². The number of hydrogen-bond acceptors (Lipinski definition) is 4. The van der Waals surface area contributed by atoms with Crippen molar-refractivity contribution in [3.05, 3.63) is 29.8 Å². The molecular formula is C17H26N4O2. The molecular weight excluding hydrogens is 292 g/mol. The van der Waals surface area contributed by atoms with Crippen LogP contribution < -0.4 is 16.4 Å². The number of primary amides is 1. The number of nitrogens with zero attached hydrogens (tertiary/aromatic N) is 1. The van der Waals surface area contributed by atoms with Crippen molar-refractivity contribution in [1.29, 1.82) is 0 Å². The molecule has 2 amide bonds. The summed E-state index contributed by atoms with van der Waals surface area (Å²) in [6, 6.07) is 7.93. The first kappa shape index (κ1) is 17.4. The van der Waals surface area contributed by atoms with Gasteiger partial charge in [-0.3, -0.25) is 14.5 Å². The quantitative estimate of drug-likeness (QED) is 0.698. The largest absolute Gasteiger partial charge is 0.369 e. The highest BCUT2D eigenvalue weighted by molar-refractivity contribution is 5.90. The molecule has 126 valence electrons. The van der Waals surface area contributed by atoms with E-state index in [-0.39, 0.29) is 17.7 Å². The fourth-order valence-corrected chi connectivity index (χ4v) is 2.84. The number of benzene rings is 1. The number of carbonyl (C=O) groups is 2. The zero-order valence-electron chi connectivity index (χ0n) is 13.7. The summed E-state index contributed by atoms with van der Waals surface area (Å²) >= 11 is 0. The van der Waals surface area contributed by atoms with Crippen molar-refractivity contribution in [2.45, 2.75) is 25.8 Å². The third-order valence-corrected chi connectivity index (χ3v) is 4.21. The van der Waals surface area contributed by atoms with Gasteiger partial charge in [-0.1, -0.05) is 12.1 Å². The van der Waals surface area contributed by atoms with Crippen LogP contribution in [0.3, 0.4) is 0 Å². The van der Waals surface area contributed by atoms with E-state index in [1.54, 1.807) is 0 Å². The normalized spacial score (nSPS) is 16.2. The van der Waals surface area contributed by atoms with E-state index in [0.717, 1.165) is 43.7 Å². The Labute approximate surface area is 137 Å². The number of anilines is 1. The molecule has 1 aromatic carbocycles. The number of rotatable bonds is 7. The summed E-state index contributed by atoms with van der Waals surface area (Å²) in [6.07, 6.45) is 2.12. The summed E-state index contributed by atoms with van der Waals surface area (Å²) in [5.41, 5.74) is 7.35. The fraction of sp³-hybridized carbons (Fsp3) is 0.529. The molecule has 0 unspecified atom stereocenters. The maximum atomic E-state index is 11.8.